The van der Waals surface area contributed by atoms with Crippen molar-refractivity contribution >= 4 is 40.6 Å². The van der Waals surface area contributed by atoms with Gasteiger partial charge in [0.25, 0.3) is 0 Å². The third-order valence-corrected chi connectivity index (χ3v) is 5.16. The second kappa shape index (κ2) is 7.79. The maximum Gasteiger partial charge on any atom is 0.355 e. The normalized spacial score (nSPS) is 15.2. The van der Waals surface area contributed by atoms with Gasteiger partial charge in [-0.3, -0.25) is 4.79 Å². The first-order valence-corrected chi connectivity index (χ1v) is 9.10. The van der Waals surface area contributed by atoms with Crippen LogP contribution in [-0.4, -0.2) is 40.0 Å². The predicted molar refractivity (Wildman–Crippen MR) is 95.1 cm³/mol. The van der Waals surface area contributed by atoms with Crippen molar-refractivity contribution in [3.63, 3.8) is 0 Å². The number of carbonyl (C=O) groups is 2. The van der Waals surface area contributed by atoms with E-state index in [4.69, 9.17) is 16.7 Å². The highest BCUT2D eigenvalue weighted by Crippen LogP contribution is 2.23. The van der Waals surface area contributed by atoms with E-state index < -0.39 is 5.97 Å². The van der Waals surface area contributed by atoms with Crippen LogP contribution in [0.15, 0.2) is 23.7 Å². The molecule has 9 heteroatoms. The number of nitrogens with zero attached hydrogens (tertiary/aromatic N) is 3. The van der Waals surface area contributed by atoms with E-state index in [1.807, 2.05) is 12.1 Å². The van der Waals surface area contributed by atoms with E-state index in [0.717, 1.165) is 31.7 Å². The van der Waals surface area contributed by atoms with Crippen molar-refractivity contribution in [1.29, 1.82) is 0 Å². The minimum Gasteiger partial charge on any atom is -0.476 e. The molecule has 0 spiro atoms. The van der Waals surface area contributed by atoms with Gasteiger partial charge in [-0.05, 0) is 25.0 Å². The fourth-order valence-corrected chi connectivity index (χ4v) is 3.54. The SMILES string of the molecule is O=C(O)c1csc(CNC(=O)C2CCN(c3ccc(Cl)cn3)CC2)n1. The number of piperidine rings is 1. The fraction of sp³-hybridized carbons (Fsp3) is 0.375. The Morgan fingerprint density at radius 3 is 2.72 bits per heavy atom. The first kappa shape index (κ1) is 17.6. The summed E-state index contributed by atoms with van der Waals surface area (Å²) in [5.74, 6) is -0.262. The Kier molecular flexibility index (Phi) is 5.50. The Morgan fingerprint density at radius 1 is 1.36 bits per heavy atom. The Bertz CT molecular complexity index is 757. The molecular formula is C16H17ClN4O3S. The lowest BCUT2D eigenvalue weighted by molar-refractivity contribution is -0.125. The van der Waals surface area contributed by atoms with Gasteiger partial charge in [-0.2, -0.15) is 0 Å². The molecule has 0 aromatic carbocycles. The summed E-state index contributed by atoms with van der Waals surface area (Å²) in [5.41, 5.74) is 0.0121. The lowest BCUT2D eigenvalue weighted by Crippen LogP contribution is -2.40. The highest BCUT2D eigenvalue weighted by atomic mass is 35.5. The molecule has 1 fully saturated rings. The summed E-state index contributed by atoms with van der Waals surface area (Å²) >= 11 is 7.08. The average Bonchev–Trinajstić information content (AvgIpc) is 3.10. The zero-order valence-corrected chi connectivity index (χ0v) is 14.9. The van der Waals surface area contributed by atoms with Gasteiger partial charge in [0, 0.05) is 30.6 Å². The smallest absolute Gasteiger partial charge is 0.355 e. The molecule has 132 valence electrons. The molecule has 1 amide bonds. The van der Waals surface area contributed by atoms with Crippen LogP contribution in [0, 0.1) is 5.92 Å². The Labute approximate surface area is 153 Å². The van der Waals surface area contributed by atoms with Crippen LogP contribution >= 0.6 is 22.9 Å². The van der Waals surface area contributed by atoms with E-state index in [0.29, 0.717) is 10.0 Å². The summed E-state index contributed by atoms with van der Waals surface area (Å²) < 4.78 is 0. The second-order valence-electron chi connectivity index (χ2n) is 5.75. The van der Waals surface area contributed by atoms with Crippen molar-refractivity contribution in [1.82, 2.24) is 15.3 Å². The Hall–Kier alpha value is -2.19. The number of anilines is 1. The predicted octanol–water partition coefficient (Wildman–Crippen LogP) is 2.42. The molecule has 0 radical (unpaired) electrons. The molecule has 1 aliphatic rings. The van der Waals surface area contributed by atoms with Gasteiger partial charge in [0.1, 0.15) is 10.8 Å². The van der Waals surface area contributed by atoms with E-state index in [2.05, 4.69) is 20.2 Å². The van der Waals surface area contributed by atoms with E-state index >= 15 is 0 Å². The van der Waals surface area contributed by atoms with Crippen molar-refractivity contribution < 1.29 is 14.7 Å². The zero-order valence-electron chi connectivity index (χ0n) is 13.3. The van der Waals surface area contributed by atoms with Gasteiger partial charge in [-0.25, -0.2) is 14.8 Å². The highest BCUT2D eigenvalue weighted by molar-refractivity contribution is 7.09. The number of nitrogens with one attached hydrogen (secondary N) is 1. The third kappa shape index (κ3) is 4.46. The maximum atomic E-state index is 12.3. The van der Waals surface area contributed by atoms with Crippen molar-refractivity contribution in [2.45, 2.75) is 19.4 Å². The topological polar surface area (TPSA) is 95.4 Å². The van der Waals surface area contributed by atoms with Crippen LogP contribution in [0.5, 0.6) is 0 Å². The van der Waals surface area contributed by atoms with Gasteiger partial charge in [-0.15, -0.1) is 11.3 Å². The fourth-order valence-electron chi connectivity index (χ4n) is 2.72. The quantitative estimate of drug-likeness (QED) is 0.827. The average molecular weight is 381 g/mol. The van der Waals surface area contributed by atoms with Crippen LogP contribution in [0.3, 0.4) is 0 Å². The van der Waals surface area contributed by atoms with Gasteiger partial charge in [-0.1, -0.05) is 11.6 Å². The van der Waals surface area contributed by atoms with Crippen LogP contribution in [0.4, 0.5) is 5.82 Å². The van der Waals surface area contributed by atoms with Gasteiger partial charge < -0.3 is 15.3 Å². The number of hydrogen-bond acceptors (Lipinski definition) is 6. The number of carboxylic acids is 1. The molecule has 2 aromatic heterocycles. The number of amides is 1. The second-order valence-corrected chi connectivity index (χ2v) is 7.12. The van der Waals surface area contributed by atoms with E-state index in [9.17, 15) is 9.59 Å². The largest absolute Gasteiger partial charge is 0.476 e. The van der Waals surface area contributed by atoms with Crippen molar-refractivity contribution in [3.8, 4) is 0 Å². The number of hydrogen-bond donors (Lipinski definition) is 2. The maximum absolute atomic E-state index is 12.3. The summed E-state index contributed by atoms with van der Waals surface area (Å²) in [6, 6.07) is 3.69. The molecule has 25 heavy (non-hydrogen) atoms. The van der Waals surface area contributed by atoms with Crippen LogP contribution in [0.2, 0.25) is 5.02 Å². The molecule has 1 aliphatic heterocycles. The van der Waals surface area contributed by atoms with Gasteiger partial charge in [0.05, 0.1) is 11.6 Å². The molecule has 0 saturated carbocycles. The summed E-state index contributed by atoms with van der Waals surface area (Å²) in [6.07, 6.45) is 3.11. The summed E-state index contributed by atoms with van der Waals surface area (Å²) in [5, 5.41) is 14.4. The molecule has 3 rings (SSSR count). The van der Waals surface area contributed by atoms with E-state index in [1.165, 1.54) is 16.7 Å². The minimum absolute atomic E-state index is 0.0121. The molecule has 0 aliphatic carbocycles. The number of aromatic carboxylic acids is 1. The number of carbonyl (C=O) groups excluding carboxylic acids is 1. The molecule has 0 atom stereocenters. The molecule has 2 N–H and O–H groups in total. The van der Waals surface area contributed by atoms with Gasteiger partial charge >= 0.3 is 5.97 Å². The number of pyridine rings is 1. The summed E-state index contributed by atoms with van der Waals surface area (Å²) in [4.78, 5) is 33.5. The number of thiazole rings is 1. The van der Waals surface area contributed by atoms with E-state index in [1.54, 1.807) is 6.20 Å². The zero-order chi connectivity index (χ0) is 17.8. The Balaban J connectivity index is 1.47. The van der Waals surface area contributed by atoms with Gasteiger partial charge in [0.2, 0.25) is 5.91 Å². The van der Waals surface area contributed by atoms with Crippen LogP contribution in [-0.2, 0) is 11.3 Å². The molecular weight excluding hydrogens is 364 g/mol. The monoisotopic (exact) mass is 380 g/mol. The molecule has 0 unspecified atom stereocenters. The standard InChI is InChI=1S/C16H17ClN4O3S/c17-11-1-2-13(18-7-11)21-5-3-10(4-6-21)15(22)19-8-14-20-12(9-25-14)16(23)24/h1-2,7,9-10H,3-6,8H2,(H,19,22)(H,23,24). The van der Waals surface area contributed by atoms with Crippen molar-refractivity contribution in [2.75, 3.05) is 18.0 Å². The van der Waals surface area contributed by atoms with Crippen molar-refractivity contribution in [3.05, 3.63) is 39.4 Å². The minimum atomic E-state index is -1.06. The van der Waals surface area contributed by atoms with Crippen LogP contribution < -0.4 is 10.2 Å². The third-order valence-electron chi connectivity index (χ3n) is 4.09. The van der Waals surface area contributed by atoms with Crippen LogP contribution in [0.1, 0.15) is 28.3 Å². The summed E-state index contributed by atoms with van der Waals surface area (Å²) in [6.45, 7) is 1.77. The van der Waals surface area contributed by atoms with Crippen molar-refractivity contribution in [2.24, 2.45) is 5.92 Å². The molecule has 7 nitrogen and oxygen atoms in total. The summed E-state index contributed by atoms with van der Waals surface area (Å²) in [7, 11) is 0. The number of carboxylic acid groups (broad SMARTS) is 1. The van der Waals surface area contributed by atoms with Crippen LogP contribution in [0.25, 0.3) is 0 Å². The highest BCUT2D eigenvalue weighted by Gasteiger charge is 2.25. The number of aromatic nitrogens is 2. The van der Waals surface area contributed by atoms with Gasteiger partial charge in [0.15, 0.2) is 5.69 Å². The molecule has 1 saturated heterocycles. The van der Waals surface area contributed by atoms with E-state index in [-0.39, 0.29) is 24.1 Å². The molecule has 3 heterocycles. The lowest BCUT2D eigenvalue weighted by atomic mass is 9.96. The first-order valence-electron chi connectivity index (χ1n) is 7.85. The number of rotatable bonds is 5. The first-order chi connectivity index (χ1) is 12.0. The Morgan fingerprint density at radius 2 is 2.12 bits per heavy atom. The number of halogens is 1. The lowest BCUT2D eigenvalue weighted by Gasteiger charge is -2.32. The molecule has 0 bridgehead atoms. The molecule has 2 aromatic rings.